The van der Waals surface area contributed by atoms with Crippen molar-refractivity contribution < 1.29 is 26.5 Å². The third-order valence-corrected chi connectivity index (χ3v) is 2.80. The van der Waals surface area contributed by atoms with Crippen LogP contribution in [-0.2, 0) is 0 Å². The summed E-state index contributed by atoms with van der Waals surface area (Å²) in [6, 6.07) is -0.659. The smallest absolute Gasteiger partial charge is 0.264 e. The van der Waals surface area contributed by atoms with Crippen molar-refractivity contribution in [3.05, 3.63) is 34.9 Å². The van der Waals surface area contributed by atoms with E-state index in [-0.39, 0.29) is 5.82 Å². The number of halogens is 5. The van der Waals surface area contributed by atoms with Gasteiger partial charge >= 0.3 is 0 Å². The molecule has 1 unspecified atom stereocenters. The van der Waals surface area contributed by atoms with Gasteiger partial charge in [-0.25, -0.2) is 22.0 Å². The van der Waals surface area contributed by atoms with Gasteiger partial charge in [0.1, 0.15) is 5.56 Å². The Morgan fingerprint density at radius 3 is 2.05 bits per heavy atom. The molecular formula is C12H10F5N3O. The van der Waals surface area contributed by atoms with Gasteiger partial charge in [-0.15, -0.1) is 0 Å². The van der Waals surface area contributed by atoms with Gasteiger partial charge < -0.3 is 10.3 Å². The highest BCUT2D eigenvalue weighted by molar-refractivity contribution is 5.55. The molecule has 1 heterocycles. The monoisotopic (exact) mass is 307 g/mol. The average molecular weight is 307 g/mol. The minimum Gasteiger partial charge on any atom is -0.334 e. The predicted molar refractivity (Wildman–Crippen MR) is 61.4 cm³/mol. The number of aromatic nitrogens is 2. The number of hydrogen-bond acceptors (Lipinski definition) is 4. The van der Waals surface area contributed by atoms with Crippen LogP contribution in [0.15, 0.2) is 4.52 Å². The molecule has 0 saturated carbocycles. The quantitative estimate of drug-likeness (QED) is 0.535. The first-order chi connectivity index (χ1) is 9.88. The molecule has 21 heavy (non-hydrogen) atoms. The molecule has 0 fully saturated rings. The molecule has 0 aliphatic rings. The van der Waals surface area contributed by atoms with Crippen molar-refractivity contribution in [3.63, 3.8) is 0 Å². The first-order valence-electron chi connectivity index (χ1n) is 5.99. The molecule has 0 spiro atoms. The lowest BCUT2D eigenvalue weighted by Gasteiger charge is -2.04. The van der Waals surface area contributed by atoms with Crippen LogP contribution in [0.5, 0.6) is 0 Å². The highest BCUT2D eigenvalue weighted by atomic mass is 19.2. The molecule has 9 heteroatoms. The van der Waals surface area contributed by atoms with Crippen LogP contribution in [0.4, 0.5) is 22.0 Å². The summed E-state index contributed by atoms with van der Waals surface area (Å²) in [5, 5.41) is 3.39. The normalized spacial score (nSPS) is 12.7. The van der Waals surface area contributed by atoms with E-state index in [1.165, 1.54) is 0 Å². The van der Waals surface area contributed by atoms with Crippen molar-refractivity contribution >= 4 is 0 Å². The Kier molecular flexibility index (Phi) is 4.21. The highest BCUT2D eigenvalue weighted by Crippen LogP contribution is 2.31. The van der Waals surface area contributed by atoms with Crippen LogP contribution in [0.2, 0.25) is 0 Å². The Balaban J connectivity index is 2.53. The van der Waals surface area contributed by atoms with E-state index in [2.05, 4.69) is 14.7 Å². The van der Waals surface area contributed by atoms with Gasteiger partial charge in [0.05, 0.1) is 6.04 Å². The fourth-order valence-corrected chi connectivity index (χ4v) is 1.72. The van der Waals surface area contributed by atoms with Gasteiger partial charge in [-0.1, -0.05) is 18.5 Å². The molecule has 0 radical (unpaired) electrons. The Labute approximate surface area is 115 Å². The summed E-state index contributed by atoms with van der Waals surface area (Å²) in [6.45, 7) is 1.84. The number of nitrogens with two attached hydrogens (primary N) is 1. The fraction of sp³-hybridized carbons (Fsp3) is 0.333. The molecule has 0 bridgehead atoms. The second-order valence-corrected chi connectivity index (χ2v) is 4.30. The first kappa shape index (κ1) is 15.4. The second-order valence-electron chi connectivity index (χ2n) is 4.30. The van der Waals surface area contributed by atoms with Crippen molar-refractivity contribution in [3.8, 4) is 11.5 Å². The van der Waals surface area contributed by atoms with Crippen molar-refractivity contribution in [1.82, 2.24) is 10.1 Å². The lowest BCUT2D eigenvalue weighted by molar-refractivity contribution is 0.371. The number of benzene rings is 1. The average Bonchev–Trinajstić information content (AvgIpc) is 2.93. The topological polar surface area (TPSA) is 64.9 Å². The molecule has 1 atom stereocenters. The SMILES string of the molecule is CCCC(N)c1noc(-c2c(F)c(F)c(F)c(F)c2F)n1. The largest absolute Gasteiger partial charge is 0.334 e. The van der Waals surface area contributed by atoms with Crippen LogP contribution in [0.1, 0.15) is 31.6 Å². The van der Waals surface area contributed by atoms with Crippen LogP contribution in [0.25, 0.3) is 11.5 Å². The third-order valence-electron chi connectivity index (χ3n) is 2.80. The van der Waals surface area contributed by atoms with Crippen LogP contribution < -0.4 is 5.73 Å². The summed E-state index contributed by atoms with van der Waals surface area (Å²) >= 11 is 0. The lowest BCUT2D eigenvalue weighted by atomic mass is 10.1. The summed E-state index contributed by atoms with van der Waals surface area (Å²) in [5.41, 5.74) is 4.41. The molecular weight excluding hydrogens is 297 g/mol. The molecule has 0 aliphatic heterocycles. The van der Waals surface area contributed by atoms with Gasteiger partial charge in [-0.3, -0.25) is 0 Å². The molecule has 1 aromatic carbocycles. The minimum absolute atomic E-state index is 0.0733. The van der Waals surface area contributed by atoms with Crippen LogP contribution in [-0.4, -0.2) is 10.1 Å². The van der Waals surface area contributed by atoms with Crippen molar-refractivity contribution in [1.29, 1.82) is 0 Å². The van der Waals surface area contributed by atoms with Gasteiger partial charge in [0.2, 0.25) is 5.82 Å². The summed E-state index contributed by atoms with van der Waals surface area (Å²) < 4.78 is 70.8. The van der Waals surface area contributed by atoms with Crippen LogP contribution in [0, 0.1) is 29.1 Å². The van der Waals surface area contributed by atoms with E-state index >= 15 is 0 Å². The zero-order chi connectivity index (χ0) is 15.7. The lowest BCUT2D eigenvalue weighted by Crippen LogP contribution is -2.11. The maximum absolute atomic E-state index is 13.6. The van der Waals surface area contributed by atoms with Gasteiger partial charge in [0.15, 0.2) is 29.1 Å². The predicted octanol–water partition coefficient (Wildman–Crippen LogP) is 3.23. The molecule has 2 aromatic rings. The molecule has 2 N–H and O–H groups in total. The molecule has 114 valence electrons. The molecule has 0 aliphatic carbocycles. The molecule has 1 aromatic heterocycles. The van der Waals surface area contributed by atoms with E-state index in [1.807, 2.05) is 6.92 Å². The number of rotatable bonds is 4. The van der Waals surface area contributed by atoms with Crippen LogP contribution >= 0.6 is 0 Å². The van der Waals surface area contributed by atoms with E-state index in [0.717, 1.165) is 0 Å². The van der Waals surface area contributed by atoms with E-state index in [9.17, 15) is 22.0 Å². The summed E-state index contributed by atoms with van der Waals surface area (Å²) in [6.07, 6.45) is 1.16. The Bertz CT molecular complexity index is 644. The van der Waals surface area contributed by atoms with Crippen molar-refractivity contribution in [2.45, 2.75) is 25.8 Å². The van der Waals surface area contributed by atoms with E-state index in [0.29, 0.717) is 12.8 Å². The minimum atomic E-state index is -2.25. The molecule has 2 rings (SSSR count). The van der Waals surface area contributed by atoms with Crippen LogP contribution in [0.3, 0.4) is 0 Å². The molecule has 0 amide bonds. The summed E-state index contributed by atoms with van der Waals surface area (Å²) in [4.78, 5) is 3.59. The van der Waals surface area contributed by atoms with Crippen molar-refractivity contribution in [2.75, 3.05) is 0 Å². The third kappa shape index (κ3) is 2.60. The van der Waals surface area contributed by atoms with Crippen molar-refractivity contribution in [2.24, 2.45) is 5.73 Å². The maximum atomic E-state index is 13.6. The van der Waals surface area contributed by atoms with Gasteiger partial charge in [-0.05, 0) is 6.42 Å². The zero-order valence-electron chi connectivity index (χ0n) is 10.8. The van der Waals surface area contributed by atoms with Gasteiger partial charge in [0, 0.05) is 0 Å². The van der Waals surface area contributed by atoms with E-state index in [4.69, 9.17) is 5.73 Å². The maximum Gasteiger partial charge on any atom is 0.264 e. The Morgan fingerprint density at radius 1 is 1.00 bits per heavy atom. The van der Waals surface area contributed by atoms with E-state index < -0.39 is 46.6 Å². The van der Waals surface area contributed by atoms with Gasteiger partial charge in [-0.2, -0.15) is 4.98 Å². The zero-order valence-corrected chi connectivity index (χ0v) is 10.8. The Hall–Kier alpha value is -2.03. The summed E-state index contributed by atoms with van der Waals surface area (Å²) in [5.74, 6) is -11.4. The first-order valence-corrected chi connectivity index (χ1v) is 5.99. The van der Waals surface area contributed by atoms with Gasteiger partial charge in [0.25, 0.3) is 5.89 Å². The number of hydrogen-bond donors (Lipinski definition) is 1. The molecule has 4 nitrogen and oxygen atoms in total. The number of nitrogens with zero attached hydrogens (tertiary/aromatic N) is 2. The fourth-order valence-electron chi connectivity index (χ4n) is 1.72. The second kappa shape index (κ2) is 5.76. The van der Waals surface area contributed by atoms with E-state index in [1.54, 1.807) is 0 Å². The summed E-state index contributed by atoms with van der Waals surface area (Å²) in [7, 11) is 0. The Morgan fingerprint density at radius 2 is 1.52 bits per heavy atom. The highest BCUT2D eigenvalue weighted by Gasteiger charge is 2.30. The standard InChI is InChI=1S/C12H10F5N3O/c1-2-3-4(18)11-19-12(21-20-11)5-6(13)8(15)10(17)9(16)7(5)14/h4H,2-3,18H2,1H3. The molecule has 0 saturated heterocycles.